The van der Waals surface area contributed by atoms with Gasteiger partial charge in [0.15, 0.2) is 0 Å². The lowest BCUT2D eigenvalue weighted by molar-refractivity contribution is -0.135. The fraction of sp³-hybridized carbons (Fsp3) is 0.909. The summed E-state index contributed by atoms with van der Waals surface area (Å²) in [5.41, 5.74) is -0.170. The van der Waals surface area contributed by atoms with Crippen LogP contribution < -0.4 is 10.6 Å². The Balaban J connectivity index is 1.98. The predicted octanol–water partition coefficient (Wildman–Crippen LogP) is -0.358. The largest absolute Gasteiger partial charge is 0.393 e. The van der Waals surface area contributed by atoms with Gasteiger partial charge in [0, 0.05) is 19.6 Å². The zero-order valence-electron chi connectivity index (χ0n) is 10.1. The van der Waals surface area contributed by atoms with Crippen LogP contribution in [0.2, 0.25) is 0 Å². The number of ether oxygens (including phenoxy) is 1. The van der Waals surface area contributed by atoms with Crippen LogP contribution >= 0.6 is 0 Å². The van der Waals surface area contributed by atoms with Gasteiger partial charge in [-0.25, -0.2) is 0 Å². The molecule has 1 atom stereocenters. The van der Waals surface area contributed by atoms with Crippen molar-refractivity contribution < 1.29 is 14.6 Å². The van der Waals surface area contributed by atoms with E-state index in [0.29, 0.717) is 13.0 Å². The standard InChI is InChI=1S/C11H22N2O3/c1-9(14)4-3-5-13-10(15)6-16-11(2)7-12-8-11/h9,12,14H,3-8H2,1-2H3,(H,13,15). The summed E-state index contributed by atoms with van der Waals surface area (Å²) in [5, 5.41) is 14.9. The van der Waals surface area contributed by atoms with E-state index in [0.717, 1.165) is 19.5 Å². The molecule has 1 saturated heterocycles. The van der Waals surface area contributed by atoms with E-state index in [9.17, 15) is 4.79 Å². The van der Waals surface area contributed by atoms with Gasteiger partial charge in [0.2, 0.25) is 5.91 Å². The van der Waals surface area contributed by atoms with E-state index in [1.54, 1.807) is 6.92 Å². The summed E-state index contributed by atoms with van der Waals surface area (Å²) in [6.07, 6.45) is 1.21. The molecule has 0 aromatic rings. The van der Waals surface area contributed by atoms with E-state index >= 15 is 0 Å². The fourth-order valence-corrected chi connectivity index (χ4v) is 1.50. The minimum Gasteiger partial charge on any atom is -0.393 e. The monoisotopic (exact) mass is 230 g/mol. The van der Waals surface area contributed by atoms with Gasteiger partial charge in [0.25, 0.3) is 0 Å². The third-order valence-corrected chi connectivity index (χ3v) is 2.67. The molecule has 0 radical (unpaired) electrons. The van der Waals surface area contributed by atoms with Crippen LogP contribution in [0.4, 0.5) is 0 Å². The van der Waals surface area contributed by atoms with Gasteiger partial charge in [-0.15, -0.1) is 0 Å². The Bertz CT molecular complexity index is 227. The average molecular weight is 230 g/mol. The quantitative estimate of drug-likeness (QED) is 0.522. The van der Waals surface area contributed by atoms with Gasteiger partial charge in [-0.1, -0.05) is 0 Å². The zero-order valence-corrected chi connectivity index (χ0v) is 10.1. The van der Waals surface area contributed by atoms with E-state index in [2.05, 4.69) is 10.6 Å². The Morgan fingerprint density at radius 2 is 2.31 bits per heavy atom. The highest BCUT2D eigenvalue weighted by atomic mass is 16.5. The van der Waals surface area contributed by atoms with Gasteiger partial charge in [0.05, 0.1) is 11.7 Å². The van der Waals surface area contributed by atoms with Crippen molar-refractivity contribution in [1.29, 1.82) is 0 Å². The number of aliphatic hydroxyl groups is 1. The third-order valence-electron chi connectivity index (χ3n) is 2.67. The number of hydrogen-bond acceptors (Lipinski definition) is 4. The first-order valence-corrected chi connectivity index (χ1v) is 5.81. The maximum atomic E-state index is 11.4. The molecule has 94 valence electrons. The highest BCUT2D eigenvalue weighted by molar-refractivity contribution is 5.77. The fourth-order valence-electron chi connectivity index (χ4n) is 1.50. The Hall–Kier alpha value is -0.650. The molecule has 0 saturated carbocycles. The molecule has 1 fully saturated rings. The van der Waals surface area contributed by atoms with Crippen LogP contribution in [0.25, 0.3) is 0 Å². The Morgan fingerprint density at radius 3 is 2.81 bits per heavy atom. The van der Waals surface area contributed by atoms with Crippen molar-refractivity contribution in [3.63, 3.8) is 0 Å². The summed E-state index contributed by atoms with van der Waals surface area (Å²) in [6.45, 7) is 6.07. The molecule has 1 aliphatic heterocycles. The number of carbonyl (C=O) groups is 1. The molecule has 0 aliphatic carbocycles. The molecule has 1 unspecified atom stereocenters. The molecular formula is C11H22N2O3. The van der Waals surface area contributed by atoms with Crippen molar-refractivity contribution in [2.75, 3.05) is 26.2 Å². The van der Waals surface area contributed by atoms with Crippen LogP contribution in [0.1, 0.15) is 26.7 Å². The van der Waals surface area contributed by atoms with E-state index < -0.39 is 0 Å². The Kier molecular flexibility index (Phi) is 5.18. The van der Waals surface area contributed by atoms with Gasteiger partial charge in [-0.3, -0.25) is 4.79 Å². The average Bonchev–Trinajstić information content (AvgIpc) is 2.18. The summed E-state index contributed by atoms with van der Waals surface area (Å²) in [5.74, 6) is -0.0845. The number of carbonyl (C=O) groups excluding carboxylic acids is 1. The van der Waals surface area contributed by atoms with E-state index in [-0.39, 0.29) is 24.2 Å². The second-order valence-electron chi connectivity index (χ2n) is 4.68. The molecule has 5 nitrogen and oxygen atoms in total. The zero-order chi connectivity index (χ0) is 12.0. The van der Waals surface area contributed by atoms with Gasteiger partial charge >= 0.3 is 0 Å². The summed E-state index contributed by atoms with van der Waals surface area (Å²) in [4.78, 5) is 11.4. The highest BCUT2D eigenvalue weighted by Crippen LogP contribution is 2.14. The first-order chi connectivity index (χ1) is 7.52. The molecule has 0 bridgehead atoms. The van der Waals surface area contributed by atoms with Crippen LogP contribution in [0, 0.1) is 0 Å². The molecule has 5 heteroatoms. The summed E-state index contributed by atoms with van der Waals surface area (Å²) >= 11 is 0. The topological polar surface area (TPSA) is 70.6 Å². The third kappa shape index (κ3) is 4.92. The molecule has 0 spiro atoms. The van der Waals surface area contributed by atoms with Crippen molar-refractivity contribution in [2.24, 2.45) is 0 Å². The van der Waals surface area contributed by atoms with E-state index in [1.165, 1.54) is 0 Å². The summed E-state index contributed by atoms with van der Waals surface area (Å²) < 4.78 is 5.48. The van der Waals surface area contributed by atoms with Crippen LogP contribution in [0.5, 0.6) is 0 Å². The molecule has 0 aromatic carbocycles. The van der Waals surface area contributed by atoms with Gasteiger partial charge in [0.1, 0.15) is 6.61 Å². The van der Waals surface area contributed by atoms with Crippen LogP contribution in [0.3, 0.4) is 0 Å². The van der Waals surface area contributed by atoms with E-state index in [1.807, 2.05) is 6.92 Å². The smallest absolute Gasteiger partial charge is 0.246 e. The lowest BCUT2D eigenvalue weighted by Crippen LogP contribution is -2.59. The number of aliphatic hydroxyl groups excluding tert-OH is 1. The number of amides is 1. The molecule has 0 aromatic heterocycles. The highest BCUT2D eigenvalue weighted by Gasteiger charge is 2.32. The SMILES string of the molecule is CC(O)CCCNC(=O)COC1(C)CNC1. The van der Waals surface area contributed by atoms with Crippen LogP contribution in [0.15, 0.2) is 0 Å². The second kappa shape index (κ2) is 6.18. The molecule has 1 amide bonds. The van der Waals surface area contributed by atoms with Crippen LogP contribution in [-0.4, -0.2) is 49.0 Å². The predicted molar refractivity (Wildman–Crippen MR) is 61.2 cm³/mol. The maximum absolute atomic E-state index is 11.4. The van der Waals surface area contributed by atoms with Crippen molar-refractivity contribution in [2.45, 2.75) is 38.4 Å². The minimum absolute atomic E-state index is 0.0845. The van der Waals surface area contributed by atoms with Gasteiger partial charge in [-0.05, 0) is 26.7 Å². The Morgan fingerprint density at radius 1 is 1.62 bits per heavy atom. The molecule has 1 rings (SSSR count). The van der Waals surface area contributed by atoms with Gasteiger partial charge < -0.3 is 20.5 Å². The normalized spacial score (nSPS) is 19.9. The number of rotatable bonds is 7. The number of nitrogens with one attached hydrogen (secondary N) is 2. The van der Waals surface area contributed by atoms with Gasteiger partial charge in [-0.2, -0.15) is 0 Å². The first-order valence-electron chi connectivity index (χ1n) is 5.81. The maximum Gasteiger partial charge on any atom is 0.246 e. The molecule has 3 N–H and O–H groups in total. The lowest BCUT2D eigenvalue weighted by atomic mass is 10.0. The van der Waals surface area contributed by atoms with Crippen molar-refractivity contribution in [3.05, 3.63) is 0 Å². The summed E-state index contributed by atoms with van der Waals surface area (Å²) in [7, 11) is 0. The second-order valence-corrected chi connectivity index (χ2v) is 4.68. The summed E-state index contributed by atoms with van der Waals surface area (Å²) in [6, 6.07) is 0. The number of hydrogen-bond donors (Lipinski definition) is 3. The van der Waals surface area contributed by atoms with Crippen LogP contribution in [-0.2, 0) is 9.53 Å². The molecule has 1 heterocycles. The molecule has 1 aliphatic rings. The molecule has 16 heavy (non-hydrogen) atoms. The first kappa shape index (κ1) is 13.4. The Labute approximate surface area is 96.6 Å². The van der Waals surface area contributed by atoms with Crippen molar-refractivity contribution >= 4 is 5.91 Å². The van der Waals surface area contributed by atoms with Crippen molar-refractivity contribution in [1.82, 2.24) is 10.6 Å². The van der Waals surface area contributed by atoms with E-state index in [4.69, 9.17) is 9.84 Å². The lowest BCUT2D eigenvalue weighted by Gasteiger charge is -2.38. The molecular weight excluding hydrogens is 208 g/mol. The van der Waals surface area contributed by atoms with Crippen molar-refractivity contribution in [3.8, 4) is 0 Å². The minimum atomic E-state index is -0.298.